The molecule has 166 valence electrons. The van der Waals surface area contributed by atoms with Crippen LogP contribution in [0.3, 0.4) is 0 Å². The van der Waals surface area contributed by atoms with Crippen LogP contribution in [0.15, 0.2) is 12.2 Å². The summed E-state index contributed by atoms with van der Waals surface area (Å²) in [5.74, 6) is -2.56. The third-order valence-corrected chi connectivity index (χ3v) is 7.53. The Morgan fingerprint density at radius 2 is 1.97 bits per heavy atom. The van der Waals surface area contributed by atoms with Gasteiger partial charge in [-0.15, -0.1) is 0 Å². The Bertz CT molecular complexity index is 586. The van der Waals surface area contributed by atoms with Crippen LogP contribution in [0.25, 0.3) is 0 Å². The number of aliphatic carboxylic acids is 2. The molecule has 0 aromatic rings. The van der Waals surface area contributed by atoms with Gasteiger partial charge in [0.15, 0.2) is 0 Å². The molecule has 0 aromatic carbocycles. The summed E-state index contributed by atoms with van der Waals surface area (Å²) >= 11 is 2.29. The van der Waals surface area contributed by atoms with E-state index in [1.807, 2.05) is 6.92 Å². The maximum Gasteiger partial charge on any atom is 0.307 e. The molecular weight excluding hydrogens is 494 g/mol. The monoisotopic (exact) mass is 526 g/mol. The molecule has 8 heteroatoms. The molecule has 0 unspecified atom stereocenters. The number of alkyl halides is 2. The Hall–Kier alpha value is -0.740. The maximum absolute atomic E-state index is 14.0. The molecule has 0 spiro atoms. The molecule has 0 amide bonds. The van der Waals surface area contributed by atoms with Crippen molar-refractivity contribution in [1.82, 2.24) is 0 Å². The highest BCUT2D eigenvalue weighted by Crippen LogP contribution is 2.49. The number of carboxylic acids is 2. The molecule has 1 aliphatic heterocycles. The van der Waals surface area contributed by atoms with Crippen molar-refractivity contribution < 1.29 is 34.0 Å². The van der Waals surface area contributed by atoms with Crippen LogP contribution >= 0.6 is 22.6 Å². The molecule has 1 saturated heterocycles. The molecule has 0 aromatic heterocycles. The second-order valence-corrected chi connectivity index (χ2v) is 9.81. The van der Waals surface area contributed by atoms with Gasteiger partial charge in [0.1, 0.15) is 12.3 Å². The van der Waals surface area contributed by atoms with Crippen LogP contribution in [-0.2, 0) is 14.3 Å². The van der Waals surface area contributed by atoms with Crippen molar-refractivity contribution in [2.45, 2.75) is 86.7 Å². The highest BCUT2D eigenvalue weighted by atomic mass is 127. The quantitative estimate of drug-likeness (QED) is 0.202. The van der Waals surface area contributed by atoms with E-state index in [0.717, 1.165) is 12.8 Å². The zero-order chi connectivity index (χ0) is 21.6. The minimum Gasteiger partial charge on any atom is -0.481 e. The zero-order valence-corrected chi connectivity index (χ0v) is 18.9. The van der Waals surface area contributed by atoms with Crippen molar-refractivity contribution in [3.05, 3.63) is 12.2 Å². The minimum atomic E-state index is -1.34. The number of rotatable bonds is 12. The molecule has 6 nitrogen and oxygen atoms in total. The second kappa shape index (κ2) is 11.6. The van der Waals surface area contributed by atoms with Crippen LogP contribution < -0.4 is 0 Å². The number of halogens is 2. The molecule has 0 radical (unpaired) electrons. The summed E-state index contributed by atoms with van der Waals surface area (Å²) < 4.78 is 20.3. The Morgan fingerprint density at radius 3 is 2.59 bits per heavy atom. The van der Waals surface area contributed by atoms with Gasteiger partial charge in [0, 0.05) is 10.3 Å². The Kier molecular flexibility index (Phi) is 9.81. The average Bonchev–Trinajstić information content (AvgIpc) is 3.22. The van der Waals surface area contributed by atoms with E-state index in [9.17, 15) is 24.2 Å². The van der Waals surface area contributed by atoms with Gasteiger partial charge in [0.05, 0.1) is 18.1 Å². The van der Waals surface area contributed by atoms with Crippen molar-refractivity contribution in [3.63, 3.8) is 0 Å². The maximum atomic E-state index is 14.0. The first-order valence-electron chi connectivity index (χ1n) is 10.5. The number of aliphatic hydroxyl groups excluding tert-OH is 1. The lowest BCUT2D eigenvalue weighted by Gasteiger charge is -2.22. The highest BCUT2D eigenvalue weighted by molar-refractivity contribution is 14.1. The number of ether oxygens (including phenoxy) is 1. The van der Waals surface area contributed by atoms with Crippen LogP contribution in [-0.4, -0.2) is 55.7 Å². The molecule has 3 N–H and O–H groups in total. The van der Waals surface area contributed by atoms with Crippen molar-refractivity contribution in [3.8, 4) is 0 Å². The molecular formula is C21H32FIO6. The molecule has 2 aliphatic rings. The van der Waals surface area contributed by atoms with Gasteiger partial charge < -0.3 is 20.1 Å². The summed E-state index contributed by atoms with van der Waals surface area (Å²) in [4.78, 5) is 22.4. The van der Waals surface area contributed by atoms with E-state index in [-0.39, 0.29) is 34.4 Å². The Labute approximate surface area is 185 Å². The summed E-state index contributed by atoms with van der Waals surface area (Å²) in [6.45, 7) is 1.96. The van der Waals surface area contributed by atoms with E-state index in [2.05, 4.69) is 22.6 Å². The van der Waals surface area contributed by atoms with E-state index in [0.29, 0.717) is 32.1 Å². The average molecular weight is 526 g/mol. The largest absolute Gasteiger partial charge is 0.481 e. The third kappa shape index (κ3) is 6.89. The summed E-state index contributed by atoms with van der Waals surface area (Å²) in [6.07, 6.45) is 4.76. The van der Waals surface area contributed by atoms with Gasteiger partial charge in [0.2, 0.25) is 0 Å². The number of allylic oxidation sites excluding steroid dienone is 1. The van der Waals surface area contributed by atoms with Gasteiger partial charge in [-0.2, -0.15) is 0 Å². The lowest BCUT2D eigenvalue weighted by Crippen LogP contribution is -2.26. The summed E-state index contributed by atoms with van der Waals surface area (Å²) in [5.41, 5.74) is 0. The van der Waals surface area contributed by atoms with Crippen molar-refractivity contribution in [2.24, 2.45) is 17.8 Å². The summed E-state index contributed by atoms with van der Waals surface area (Å²) in [5, 5.41) is 28.4. The SMILES string of the molecule is CCCC[C@@H](F)[C@H](O)/C=C/[C@H]1[C@H]2C[C@H]([C@H](I)CCCC(=O)O)O[C@H]2C[C@H]1C(=O)O. The number of hydrogen-bond donors (Lipinski definition) is 3. The number of hydrogen-bond acceptors (Lipinski definition) is 4. The second-order valence-electron chi connectivity index (χ2n) is 8.21. The van der Waals surface area contributed by atoms with Crippen LogP contribution in [0.4, 0.5) is 4.39 Å². The fourth-order valence-corrected chi connectivity index (χ4v) is 5.39. The van der Waals surface area contributed by atoms with Crippen LogP contribution in [0, 0.1) is 17.8 Å². The smallest absolute Gasteiger partial charge is 0.307 e. The van der Waals surface area contributed by atoms with Crippen molar-refractivity contribution in [1.29, 1.82) is 0 Å². The normalized spacial score (nSPS) is 32.2. The van der Waals surface area contributed by atoms with Gasteiger partial charge in [-0.3, -0.25) is 9.59 Å². The molecule has 1 heterocycles. The van der Waals surface area contributed by atoms with E-state index in [1.165, 1.54) is 6.08 Å². The van der Waals surface area contributed by atoms with E-state index in [1.54, 1.807) is 6.08 Å². The first kappa shape index (κ1) is 24.5. The molecule has 1 aliphatic carbocycles. The predicted octanol–water partition coefficient (Wildman–Crippen LogP) is 3.98. The fourth-order valence-electron chi connectivity index (χ4n) is 4.48. The molecule has 1 saturated carbocycles. The summed E-state index contributed by atoms with van der Waals surface area (Å²) in [7, 11) is 0. The number of carboxylic acid groups (broad SMARTS) is 2. The number of unbranched alkanes of at least 4 members (excludes halogenated alkanes) is 1. The van der Waals surface area contributed by atoms with Crippen molar-refractivity contribution >= 4 is 34.5 Å². The standard InChI is InChI=1S/C21H32FIO6/c1-2-3-5-15(22)17(24)9-8-12-13-10-19(16(23)6-4-7-20(25)26)29-18(13)11-14(12)21(27)28/h8-9,12-19,24H,2-7,10-11H2,1H3,(H,25,26)(H,27,28)/b9-8+/t12-,13+,14+,15+,16+,17+,18-,19+/m0/s1. The highest BCUT2D eigenvalue weighted by Gasteiger charge is 2.51. The number of fused-ring (bicyclic) bond motifs is 1. The zero-order valence-electron chi connectivity index (χ0n) is 16.8. The first-order valence-corrected chi connectivity index (χ1v) is 11.7. The fraction of sp³-hybridized carbons (Fsp3) is 0.810. The van der Waals surface area contributed by atoms with E-state index >= 15 is 0 Å². The molecule has 8 atom stereocenters. The van der Waals surface area contributed by atoms with Gasteiger partial charge in [-0.25, -0.2) is 4.39 Å². The summed E-state index contributed by atoms with van der Waals surface area (Å²) in [6, 6.07) is 0. The molecule has 29 heavy (non-hydrogen) atoms. The minimum absolute atomic E-state index is 0.0231. The van der Waals surface area contributed by atoms with Gasteiger partial charge >= 0.3 is 11.9 Å². The third-order valence-electron chi connectivity index (χ3n) is 6.10. The predicted molar refractivity (Wildman–Crippen MR) is 115 cm³/mol. The molecule has 0 bridgehead atoms. The van der Waals surface area contributed by atoms with Crippen LogP contribution in [0.2, 0.25) is 0 Å². The molecule has 2 fully saturated rings. The lowest BCUT2D eigenvalue weighted by molar-refractivity contribution is -0.143. The number of aliphatic hydroxyl groups is 1. The van der Waals surface area contributed by atoms with Crippen LogP contribution in [0.5, 0.6) is 0 Å². The lowest BCUT2D eigenvalue weighted by atomic mass is 9.85. The van der Waals surface area contributed by atoms with Crippen LogP contribution in [0.1, 0.15) is 58.3 Å². The van der Waals surface area contributed by atoms with Gasteiger partial charge in [0.25, 0.3) is 0 Å². The Morgan fingerprint density at radius 1 is 1.24 bits per heavy atom. The van der Waals surface area contributed by atoms with E-state index in [4.69, 9.17) is 9.84 Å². The Balaban J connectivity index is 1.98. The number of carbonyl (C=O) groups is 2. The van der Waals surface area contributed by atoms with E-state index < -0.39 is 30.1 Å². The van der Waals surface area contributed by atoms with Gasteiger partial charge in [-0.1, -0.05) is 54.5 Å². The topological polar surface area (TPSA) is 104 Å². The molecule has 2 rings (SSSR count). The van der Waals surface area contributed by atoms with Crippen molar-refractivity contribution in [2.75, 3.05) is 0 Å². The first-order chi connectivity index (χ1) is 13.7. The van der Waals surface area contributed by atoms with Gasteiger partial charge in [-0.05, 0) is 43.9 Å².